The van der Waals surface area contributed by atoms with Crippen molar-refractivity contribution in [2.75, 3.05) is 34.3 Å². The summed E-state index contributed by atoms with van der Waals surface area (Å²) in [6.45, 7) is 5.46. The first-order valence-electron chi connectivity index (χ1n) is 10.5. The van der Waals surface area contributed by atoms with E-state index < -0.39 is 6.04 Å². The van der Waals surface area contributed by atoms with E-state index in [2.05, 4.69) is 26.0 Å². The largest absolute Gasteiger partial charge is 0.497 e. The molecule has 0 bridgehead atoms. The molecule has 0 radical (unpaired) electrons. The van der Waals surface area contributed by atoms with Gasteiger partial charge in [-0.1, -0.05) is 38.1 Å². The van der Waals surface area contributed by atoms with Gasteiger partial charge in [0.05, 0.1) is 24.1 Å². The molecule has 3 aromatic rings. The molecule has 2 heterocycles. The Morgan fingerprint density at radius 1 is 1.10 bits per heavy atom. The molecule has 162 valence electrons. The summed E-state index contributed by atoms with van der Waals surface area (Å²) in [4.78, 5) is 30.6. The van der Waals surface area contributed by atoms with Crippen LogP contribution in [0.1, 0.15) is 53.1 Å². The summed E-state index contributed by atoms with van der Waals surface area (Å²) in [5.74, 6) is 0.853. The fourth-order valence-corrected chi connectivity index (χ4v) is 4.07. The highest BCUT2D eigenvalue weighted by molar-refractivity contribution is 5.99. The smallest absolute Gasteiger partial charge is 0.290 e. The number of hydrogen-bond acceptors (Lipinski definition) is 5. The van der Waals surface area contributed by atoms with E-state index in [4.69, 9.17) is 9.15 Å². The van der Waals surface area contributed by atoms with E-state index in [1.54, 1.807) is 30.2 Å². The van der Waals surface area contributed by atoms with Crippen LogP contribution in [-0.4, -0.2) is 50.0 Å². The number of benzene rings is 2. The minimum absolute atomic E-state index is 0.127. The van der Waals surface area contributed by atoms with E-state index in [9.17, 15) is 9.59 Å². The Morgan fingerprint density at radius 3 is 2.42 bits per heavy atom. The second-order valence-corrected chi connectivity index (χ2v) is 8.56. The summed E-state index contributed by atoms with van der Waals surface area (Å²) in [6.07, 6.45) is 0. The highest BCUT2D eigenvalue weighted by atomic mass is 16.5. The fourth-order valence-electron chi connectivity index (χ4n) is 4.07. The Kier molecular flexibility index (Phi) is 5.58. The maximum absolute atomic E-state index is 13.5. The van der Waals surface area contributed by atoms with E-state index >= 15 is 0 Å². The second kappa shape index (κ2) is 8.19. The van der Waals surface area contributed by atoms with Gasteiger partial charge >= 0.3 is 0 Å². The van der Waals surface area contributed by atoms with Crippen molar-refractivity contribution in [1.29, 1.82) is 0 Å². The molecule has 1 aromatic heterocycles. The van der Waals surface area contributed by atoms with Crippen LogP contribution in [0.25, 0.3) is 11.0 Å². The molecule has 0 spiro atoms. The van der Waals surface area contributed by atoms with Crippen LogP contribution in [0.5, 0.6) is 5.75 Å². The molecule has 1 aliphatic heterocycles. The number of hydrogen-bond donors (Lipinski definition) is 0. The van der Waals surface area contributed by atoms with Crippen molar-refractivity contribution in [3.05, 3.63) is 75.1 Å². The normalized spacial score (nSPS) is 15.9. The number of rotatable bonds is 6. The Balaban J connectivity index is 1.90. The summed E-state index contributed by atoms with van der Waals surface area (Å²) in [7, 11) is 5.48. The van der Waals surface area contributed by atoms with E-state index in [0.717, 1.165) is 5.56 Å². The highest BCUT2D eigenvalue weighted by Crippen LogP contribution is 2.38. The van der Waals surface area contributed by atoms with Gasteiger partial charge < -0.3 is 19.0 Å². The Bertz CT molecular complexity index is 1180. The van der Waals surface area contributed by atoms with Gasteiger partial charge in [0.1, 0.15) is 11.3 Å². The SMILES string of the molecule is COc1ccc2c(=O)c3c(oc2c1)C(=O)N(CCN(C)C)[C@H]3c1ccc(C(C)C)cc1. The van der Waals surface area contributed by atoms with Gasteiger partial charge in [-0.3, -0.25) is 9.59 Å². The van der Waals surface area contributed by atoms with Crippen molar-refractivity contribution in [3.63, 3.8) is 0 Å². The minimum atomic E-state index is -0.466. The minimum Gasteiger partial charge on any atom is -0.497 e. The monoisotopic (exact) mass is 420 g/mol. The van der Waals surface area contributed by atoms with Crippen LogP contribution < -0.4 is 10.2 Å². The van der Waals surface area contributed by atoms with Crippen molar-refractivity contribution in [3.8, 4) is 5.75 Å². The van der Waals surface area contributed by atoms with E-state index in [-0.39, 0.29) is 17.1 Å². The molecule has 1 aliphatic rings. The van der Waals surface area contributed by atoms with Gasteiger partial charge in [0.2, 0.25) is 5.76 Å². The summed E-state index contributed by atoms with van der Waals surface area (Å²) >= 11 is 0. The van der Waals surface area contributed by atoms with Crippen LogP contribution in [-0.2, 0) is 0 Å². The first kappa shape index (κ1) is 21.1. The Morgan fingerprint density at radius 2 is 1.81 bits per heavy atom. The number of amides is 1. The second-order valence-electron chi connectivity index (χ2n) is 8.56. The van der Waals surface area contributed by atoms with Gasteiger partial charge in [-0.05, 0) is 43.3 Å². The number of carbonyl (C=O) groups is 1. The van der Waals surface area contributed by atoms with Gasteiger partial charge in [0.25, 0.3) is 5.91 Å². The predicted octanol–water partition coefficient (Wildman–Crippen LogP) is 4.03. The lowest BCUT2D eigenvalue weighted by atomic mass is 9.95. The fraction of sp³-hybridized carbons (Fsp3) is 0.360. The molecule has 0 saturated heterocycles. The first-order valence-corrected chi connectivity index (χ1v) is 10.5. The number of fused-ring (bicyclic) bond motifs is 2. The van der Waals surface area contributed by atoms with Crippen LogP contribution in [0.15, 0.2) is 51.7 Å². The van der Waals surface area contributed by atoms with Gasteiger partial charge in [0, 0.05) is 19.2 Å². The average Bonchev–Trinajstić information content (AvgIpc) is 3.04. The molecular formula is C25H28N2O4. The zero-order valence-corrected chi connectivity index (χ0v) is 18.6. The van der Waals surface area contributed by atoms with Crippen molar-refractivity contribution in [2.45, 2.75) is 25.8 Å². The maximum Gasteiger partial charge on any atom is 0.290 e. The van der Waals surface area contributed by atoms with Crippen LogP contribution in [0.4, 0.5) is 0 Å². The van der Waals surface area contributed by atoms with Gasteiger partial charge in [-0.15, -0.1) is 0 Å². The third kappa shape index (κ3) is 3.72. The van der Waals surface area contributed by atoms with Crippen LogP contribution in [0, 0.1) is 0 Å². The van der Waals surface area contributed by atoms with Gasteiger partial charge in [0.15, 0.2) is 5.43 Å². The highest BCUT2D eigenvalue weighted by Gasteiger charge is 2.42. The molecule has 0 N–H and O–H groups in total. The molecular weight excluding hydrogens is 392 g/mol. The Labute approximate surface area is 182 Å². The third-order valence-electron chi connectivity index (χ3n) is 5.88. The molecule has 0 saturated carbocycles. The van der Waals surface area contributed by atoms with Crippen LogP contribution in [0.3, 0.4) is 0 Å². The lowest BCUT2D eigenvalue weighted by Gasteiger charge is -2.26. The lowest BCUT2D eigenvalue weighted by Crippen LogP contribution is -2.35. The standard InChI is InChI=1S/C25H28N2O4/c1-15(2)16-6-8-17(9-7-16)22-21-23(28)19-11-10-18(30-5)14-20(19)31-24(21)25(29)27(22)13-12-26(3)4/h6-11,14-15,22H,12-13H2,1-5H3/t22-/m0/s1. The van der Waals surface area contributed by atoms with Crippen molar-refractivity contribution >= 4 is 16.9 Å². The first-order chi connectivity index (χ1) is 14.8. The summed E-state index contributed by atoms with van der Waals surface area (Å²) in [6, 6.07) is 12.8. The summed E-state index contributed by atoms with van der Waals surface area (Å²) < 4.78 is 11.3. The zero-order chi connectivity index (χ0) is 22.3. The summed E-state index contributed by atoms with van der Waals surface area (Å²) in [5.41, 5.74) is 2.73. The third-order valence-corrected chi connectivity index (χ3v) is 5.88. The summed E-state index contributed by atoms with van der Waals surface area (Å²) in [5, 5.41) is 0.450. The number of carbonyl (C=O) groups excluding carboxylic acids is 1. The Hall–Kier alpha value is -3.12. The number of methoxy groups -OCH3 is 1. The van der Waals surface area contributed by atoms with Gasteiger partial charge in [-0.25, -0.2) is 0 Å². The molecule has 1 amide bonds. The molecule has 6 heteroatoms. The topological polar surface area (TPSA) is 63.0 Å². The molecule has 0 aliphatic carbocycles. The number of nitrogens with zero attached hydrogens (tertiary/aromatic N) is 2. The molecule has 1 atom stereocenters. The van der Waals surface area contributed by atoms with Crippen molar-refractivity contribution in [1.82, 2.24) is 9.80 Å². The van der Waals surface area contributed by atoms with Crippen molar-refractivity contribution in [2.24, 2.45) is 0 Å². The molecule has 0 fully saturated rings. The van der Waals surface area contributed by atoms with Gasteiger partial charge in [-0.2, -0.15) is 0 Å². The number of ether oxygens (including phenoxy) is 1. The van der Waals surface area contributed by atoms with E-state index in [1.807, 2.05) is 31.1 Å². The zero-order valence-electron chi connectivity index (χ0n) is 18.6. The van der Waals surface area contributed by atoms with Crippen LogP contribution in [0.2, 0.25) is 0 Å². The number of likely N-dealkylation sites (N-methyl/N-ethyl adjacent to an activating group) is 1. The molecule has 2 aromatic carbocycles. The van der Waals surface area contributed by atoms with E-state index in [1.165, 1.54) is 5.56 Å². The van der Waals surface area contributed by atoms with Crippen molar-refractivity contribution < 1.29 is 13.9 Å². The van der Waals surface area contributed by atoms with Crippen LogP contribution >= 0.6 is 0 Å². The molecule has 6 nitrogen and oxygen atoms in total. The molecule has 31 heavy (non-hydrogen) atoms. The molecule has 0 unspecified atom stereocenters. The molecule has 4 rings (SSSR count). The quantitative estimate of drug-likeness (QED) is 0.602. The maximum atomic E-state index is 13.5. The predicted molar refractivity (Wildman–Crippen MR) is 121 cm³/mol. The lowest BCUT2D eigenvalue weighted by molar-refractivity contribution is 0.0716. The van der Waals surface area contributed by atoms with E-state index in [0.29, 0.717) is 41.3 Å². The average molecular weight is 421 g/mol.